The molecule has 0 aliphatic rings. The van der Waals surface area contributed by atoms with E-state index in [-0.39, 0.29) is 5.04 Å². The third-order valence-electron chi connectivity index (χ3n) is 4.66. The molecule has 3 heteroatoms. The number of nitriles is 1. The smallest absolute Gasteiger partial charge is 0.194 e. The predicted molar refractivity (Wildman–Crippen MR) is 98.5 cm³/mol. The van der Waals surface area contributed by atoms with Crippen LogP contribution in [0.2, 0.25) is 18.1 Å². The molecule has 23 heavy (non-hydrogen) atoms. The SMILES string of the molecule is CC(C)(C)[Si](C)(C)O[C@@H](C#N)c1ccc(-c2ccccc2)cc1. The fourth-order valence-corrected chi connectivity index (χ4v) is 3.25. The minimum atomic E-state index is -1.97. The number of hydrogen-bond acceptors (Lipinski definition) is 2. The van der Waals surface area contributed by atoms with E-state index in [2.05, 4.69) is 64.2 Å². The van der Waals surface area contributed by atoms with Crippen molar-refractivity contribution in [1.82, 2.24) is 0 Å². The van der Waals surface area contributed by atoms with Crippen LogP contribution in [0.5, 0.6) is 0 Å². The second kappa shape index (κ2) is 6.70. The van der Waals surface area contributed by atoms with Gasteiger partial charge < -0.3 is 4.43 Å². The van der Waals surface area contributed by atoms with Crippen LogP contribution in [-0.2, 0) is 4.43 Å². The van der Waals surface area contributed by atoms with E-state index in [0.29, 0.717) is 0 Å². The number of nitrogens with zero attached hydrogens (tertiary/aromatic N) is 1. The van der Waals surface area contributed by atoms with Gasteiger partial charge in [-0.15, -0.1) is 0 Å². The van der Waals surface area contributed by atoms with Crippen molar-refractivity contribution < 1.29 is 4.43 Å². The van der Waals surface area contributed by atoms with Crippen LogP contribution in [0, 0.1) is 11.3 Å². The highest BCUT2D eigenvalue weighted by atomic mass is 28.4. The van der Waals surface area contributed by atoms with Crippen molar-refractivity contribution in [3.8, 4) is 17.2 Å². The highest BCUT2D eigenvalue weighted by Crippen LogP contribution is 2.39. The van der Waals surface area contributed by atoms with Crippen LogP contribution in [-0.4, -0.2) is 8.32 Å². The first-order valence-corrected chi connectivity index (χ1v) is 10.9. The van der Waals surface area contributed by atoms with Gasteiger partial charge in [-0.05, 0) is 34.8 Å². The molecular weight excluding hydrogens is 298 g/mol. The molecule has 0 aromatic heterocycles. The van der Waals surface area contributed by atoms with E-state index >= 15 is 0 Å². The summed E-state index contributed by atoms with van der Waals surface area (Å²) in [5, 5.41) is 9.63. The maximum absolute atomic E-state index is 9.54. The van der Waals surface area contributed by atoms with Crippen LogP contribution in [0.15, 0.2) is 54.6 Å². The molecule has 0 amide bonds. The Morgan fingerprint density at radius 2 is 1.43 bits per heavy atom. The van der Waals surface area contributed by atoms with E-state index in [1.807, 2.05) is 30.3 Å². The van der Waals surface area contributed by atoms with E-state index in [1.54, 1.807) is 0 Å². The van der Waals surface area contributed by atoms with E-state index in [9.17, 15) is 5.26 Å². The standard InChI is InChI=1S/C20H25NOSi/c1-20(2,3)23(4,5)22-19(15-21)18-13-11-17(12-14-18)16-9-7-6-8-10-16/h6-14,19H,1-5H3/t19-/m0/s1. The molecule has 2 rings (SSSR count). The first kappa shape index (κ1) is 17.5. The summed E-state index contributed by atoms with van der Waals surface area (Å²) in [5.41, 5.74) is 3.26. The topological polar surface area (TPSA) is 33.0 Å². The molecule has 0 saturated heterocycles. The fraction of sp³-hybridized carbons (Fsp3) is 0.350. The zero-order chi connectivity index (χ0) is 17.1. The molecule has 120 valence electrons. The van der Waals surface area contributed by atoms with Gasteiger partial charge in [0.1, 0.15) is 0 Å². The maximum atomic E-state index is 9.54. The third-order valence-corrected chi connectivity index (χ3v) is 9.09. The second-order valence-corrected chi connectivity index (χ2v) is 12.1. The average Bonchev–Trinajstić information content (AvgIpc) is 2.52. The van der Waals surface area contributed by atoms with Crippen molar-refractivity contribution in [2.75, 3.05) is 0 Å². The molecule has 0 aliphatic heterocycles. The Hall–Kier alpha value is -1.89. The van der Waals surface area contributed by atoms with Crippen molar-refractivity contribution in [2.45, 2.75) is 45.0 Å². The van der Waals surface area contributed by atoms with Crippen molar-refractivity contribution in [2.24, 2.45) is 0 Å². The van der Waals surface area contributed by atoms with Gasteiger partial charge in [-0.25, -0.2) is 0 Å². The van der Waals surface area contributed by atoms with Gasteiger partial charge in [-0.2, -0.15) is 5.26 Å². The minimum Gasteiger partial charge on any atom is -0.398 e. The molecule has 0 spiro atoms. The van der Waals surface area contributed by atoms with Crippen LogP contribution in [0.3, 0.4) is 0 Å². The normalized spacial score (nSPS) is 13.4. The Kier molecular flexibility index (Phi) is 5.08. The van der Waals surface area contributed by atoms with Crippen LogP contribution in [0.4, 0.5) is 0 Å². The quantitative estimate of drug-likeness (QED) is 0.652. The zero-order valence-corrected chi connectivity index (χ0v) is 15.6. The summed E-state index contributed by atoms with van der Waals surface area (Å²) >= 11 is 0. The maximum Gasteiger partial charge on any atom is 0.194 e. The molecule has 0 N–H and O–H groups in total. The lowest BCUT2D eigenvalue weighted by Crippen LogP contribution is -2.41. The molecule has 0 saturated carbocycles. The molecule has 0 fully saturated rings. The van der Waals surface area contributed by atoms with Gasteiger partial charge in [0.2, 0.25) is 0 Å². The van der Waals surface area contributed by atoms with Crippen LogP contribution < -0.4 is 0 Å². The average molecular weight is 324 g/mol. The van der Waals surface area contributed by atoms with Gasteiger partial charge in [-0.1, -0.05) is 75.4 Å². The molecule has 2 aromatic carbocycles. The Bertz CT molecular complexity index is 678. The molecule has 2 nitrogen and oxygen atoms in total. The van der Waals surface area contributed by atoms with E-state index in [4.69, 9.17) is 4.43 Å². The van der Waals surface area contributed by atoms with Gasteiger partial charge in [0, 0.05) is 0 Å². The monoisotopic (exact) mass is 323 g/mol. The molecule has 2 aromatic rings. The summed E-state index contributed by atoms with van der Waals surface area (Å²) in [4.78, 5) is 0. The van der Waals surface area contributed by atoms with Crippen molar-refractivity contribution in [1.29, 1.82) is 5.26 Å². The molecule has 0 unspecified atom stereocenters. The molecule has 1 atom stereocenters. The summed E-state index contributed by atoms with van der Waals surface area (Å²) < 4.78 is 6.26. The van der Waals surface area contributed by atoms with Crippen molar-refractivity contribution in [3.05, 3.63) is 60.2 Å². The number of benzene rings is 2. The van der Waals surface area contributed by atoms with E-state index < -0.39 is 14.4 Å². The van der Waals surface area contributed by atoms with Gasteiger partial charge in [0.25, 0.3) is 0 Å². The highest BCUT2D eigenvalue weighted by molar-refractivity contribution is 6.74. The Labute approximate surface area is 140 Å². The van der Waals surface area contributed by atoms with E-state index in [0.717, 1.165) is 11.1 Å². The summed E-state index contributed by atoms with van der Waals surface area (Å²) in [6.45, 7) is 10.9. The summed E-state index contributed by atoms with van der Waals surface area (Å²) in [6, 6.07) is 20.7. The van der Waals surface area contributed by atoms with E-state index in [1.165, 1.54) is 5.56 Å². The molecular formula is C20H25NOSi. The van der Waals surface area contributed by atoms with Crippen molar-refractivity contribution in [3.63, 3.8) is 0 Å². The molecule has 0 aliphatic carbocycles. The molecule has 0 bridgehead atoms. The lowest BCUT2D eigenvalue weighted by atomic mass is 10.0. The molecule has 0 heterocycles. The van der Waals surface area contributed by atoms with Gasteiger partial charge in [0.05, 0.1) is 6.07 Å². The first-order chi connectivity index (χ1) is 10.7. The number of hydrogen-bond donors (Lipinski definition) is 0. The molecule has 0 radical (unpaired) electrons. The Morgan fingerprint density at radius 3 is 1.91 bits per heavy atom. The largest absolute Gasteiger partial charge is 0.398 e. The lowest BCUT2D eigenvalue weighted by Gasteiger charge is -2.37. The Balaban J connectivity index is 2.22. The summed E-state index contributed by atoms with van der Waals surface area (Å²) in [5.74, 6) is 0. The van der Waals surface area contributed by atoms with Gasteiger partial charge in [-0.3, -0.25) is 0 Å². The van der Waals surface area contributed by atoms with Crippen LogP contribution >= 0.6 is 0 Å². The first-order valence-electron chi connectivity index (χ1n) is 7.97. The third kappa shape index (κ3) is 4.10. The second-order valence-electron chi connectivity index (χ2n) is 7.38. The lowest BCUT2D eigenvalue weighted by molar-refractivity contribution is 0.236. The fourth-order valence-electron chi connectivity index (χ4n) is 2.12. The van der Waals surface area contributed by atoms with Crippen molar-refractivity contribution >= 4 is 8.32 Å². The number of rotatable bonds is 4. The Morgan fingerprint density at radius 1 is 0.913 bits per heavy atom. The minimum absolute atomic E-state index is 0.0894. The highest BCUT2D eigenvalue weighted by Gasteiger charge is 2.39. The predicted octanol–water partition coefficient (Wildman–Crippen LogP) is 5.94. The van der Waals surface area contributed by atoms with Gasteiger partial charge in [0.15, 0.2) is 14.4 Å². The zero-order valence-electron chi connectivity index (χ0n) is 14.6. The summed E-state index contributed by atoms with van der Waals surface area (Å²) in [6.07, 6.45) is -0.499. The van der Waals surface area contributed by atoms with Crippen LogP contribution in [0.1, 0.15) is 32.4 Å². The summed E-state index contributed by atoms with van der Waals surface area (Å²) in [7, 11) is -1.97. The van der Waals surface area contributed by atoms with Crippen LogP contribution in [0.25, 0.3) is 11.1 Å². The van der Waals surface area contributed by atoms with Gasteiger partial charge >= 0.3 is 0 Å².